The minimum Gasteiger partial charge on any atom is -0.389 e. The highest BCUT2D eigenvalue weighted by atomic mass is 16.3. The number of ketones is 1. The number of aliphatic hydroxyl groups is 1. The van der Waals surface area contributed by atoms with Gasteiger partial charge in [0.25, 0.3) is 0 Å². The van der Waals surface area contributed by atoms with Crippen LogP contribution < -0.4 is 0 Å². The first-order chi connectivity index (χ1) is 9.59. The second-order valence-electron chi connectivity index (χ2n) is 7.88. The number of carbonyl (C=O) groups is 1. The fourth-order valence-electron chi connectivity index (χ4n) is 6.08. The van der Waals surface area contributed by atoms with Crippen LogP contribution in [0.3, 0.4) is 0 Å². The molecule has 3 fully saturated rings. The maximum absolute atomic E-state index is 12.3. The molecule has 20 heavy (non-hydrogen) atoms. The summed E-state index contributed by atoms with van der Waals surface area (Å²) in [6.07, 6.45) is 10.8. The highest BCUT2D eigenvalue weighted by Gasteiger charge is 2.55. The van der Waals surface area contributed by atoms with Crippen molar-refractivity contribution in [3.8, 4) is 0 Å². The molecule has 0 radical (unpaired) electrons. The summed E-state index contributed by atoms with van der Waals surface area (Å²) in [5.74, 6) is 3.49. The Morgan fingerprint density at radius 3 is 2.80 bits per heavy atom. The van der Waals surface area contributed by atoms with Crippen molar-refractivity contribution in [1.82, 2.24) is 0 Å². The largest absolute Gasteiger partial charge is 0.389 e. The number of fused-ring (bicyclic) bond motifs is 5. The average molecular weight is 274 g/mol. The molecule has 3 saturated carbocycles. The molecule has 4 aliphatic rings. The maximum atomic E-state index is 12.3. The number of aliphatic hydroxyl groups excluding tert-OH is 1. The summed E-state index contributed by atoms with van der Waals surface area (Å²) in [6, 6.07) is 0. The first kappa shape index (κ1) is 13.1. The van der Waals surface area contributed by atoms with Crippen molar-refractivity contribution in [1.29, 1.82) is 0 Å². The van der Waals surface area contributed by atoms with Crippen molar-refractivity contribution in [2.24, 2.45) is 29.1 Å². The Morgan fingerprint density at radius 1 is 1.10 bits per heavy atom. The lowest BCUT2D eigenvalue weighted by Crippen LogP contribution is -2.46. The molecular formula is C18H26O2. The highest BCUT2D eigenvalue weighted by molar-refractivity contribution is 5.87. The Hall–Kier alpha value is -0.630. The minimum atomic E-state index is -0.195. The molecule has 110 valence electrons. The van der Waals surface area contributed by atoms with E-state index in [0.29, 0.717) is 11.7 Å². The predicted molar refractivity (Wildman–Crippen MR) is 78.1 cm³/mol. The number of rotatable bonds is 0. The first-order valence-electron chi connectivity index (χ1n) is 8.51. The third-order valence-electron chi connectivity index (χ3n) is 7.14. The van der Waals surface area contributed by atoms with E-state index in [2.05, 4.69) is 13.0 Å². The zero-order valence-electron chi connectivity index (χ0n) is 12.5. The molecule has 0 aromatic carbocycles. The van der Waals surface area contributed by atoms with Gasteiger partial charge in [0.15, 0.2) is 0 Å². The van der Waals surface area contributed by atoms with Crippen molar-refractivity contribution < 1.29 is 9.90 Å². The van der Waals surface area contributed by atoms with Crippen LogP contribution in [-0.4, -0.2) is 17.0 Å². The average Bonchev–Trinajstić information content (AvgIpc) is 2.74. The number of Topliss-reactive ketones (excluding diaryl/α,β-unsaturated/α-hetero) is 1. The summed E-state index contributed by atoms with van der Waals surface area (Å²) in [4.78, 5) is 12.3. The van der Waals surface area contributed by atoms with E-state index in [-0.39, 0.29) is 11.5 Å². The van der Waals surface area contributed by atoms with E-state index >= 15 is 0 Å². The number of hydrogen-bond donors (Lipinski definition) is 1. The lowest BCUT2D eigenvalue weighted by atomic mass is 9.52. The molecular weight excluding hydrogens is 248 g/mol. The van der Waals surface area contributed by atoms with E-state index < -0.39 is 0 Å². The van der Waals surface area contributed by atoms with Gasteiger partial charge < -0.3 is 5.11 Å². The number of hydrogen-bond acceptors (Lipinski definition) is 2. The summed E-state index contributed by atoms with van der Waals surface area (Å²) in [5.41, 5.74) is 1.55. The number of carbonyl (C=O) groups excluding carboxylic acids is 1. The smallest absolute Gasteiger partial charge is 0.139 e. The van der Waals surface area contributed by atoms with Crippen molar-refractivity contribution in [3.63, 3.8) is 0 Å². The Kier molecular flexibility index (Phi) is 2.89. The second-order valence-corrected chi connectivity index (χ2v) is 7.88. The van der Waals surface area contributed by atoms with Gasteiger partial charge in [-0.15, -0.1) is 0 Å². The SMILES string of the molecule is C[C@]12CCC3C4CC[C@@H](O)C=C4CCC3C1CCC2=O. The quantitative estimate of drug-likeness (QED) is 0.687. The minimum absolute atomic E-state index is 0.0105. The molecule has 0 saturated heterocycles. The van der Waals surface area contributed by atoms with Gasteiger partial charge in [-0.1, -0.05) is 18.6 Å². The Balaban J connectivity index is 1.63. The molecule has 4 unspecified atom stereocenters. The van der Waals surface area contributed by atoms with Crippen LogP contribution in [-0.2, 0) is 4.79 Å². The predicted octanol–water partition coefficient (Wildman–Crippen LogP) is 3.49. The fourth-order valence-corrected chi connectivity index (χ4v) is 6.08. The van der Waals surface area contributed by atoms with Crippen LogP contribution in [0.1, 0.15) is 58.3 Å². The van der Waals surface area contributed by atoms with E-state index in [9.17, 15) is 9.90 Å². The van der Waals surface area contributed by atoms with Crippen LogP contribution in [0.2, 0.25) is 0 Å². The van der Waals surface area contributed by atoms with Gasteiger partial charge in [-0.25, -0.2) is 0 Å². The third kappa shape index (κ3) is 1.70. The molecule has 6 atom stereocenters. The Bertz CT molecular complexity index is 466. The molecule has 2 heteroatoms. The molecule has 4 rings (SSSR count). The van der Waals surface area contributed by atoms with Gasteiger partial charge in [-0.2, -0.15) is 0 Å². The summed E-state index contributed by atoms with van der Waals surface area (Å²) >= 11 is 0. The zero-order valence-corrected chi connectivity index (χ0v) is 12.5. The highest BCUT2D eigenvalue weighted by Crippen LogP contribution is 2.60. The van der Waals surface area contributed by atoms with Crippen LogP contribution >= 0.6 is 0 Å². The summed E-state index contributed by atoms with van der Waals surface area (Å²) in [6.45, 7) is 2.25. The monoisotopic (exact) mass is 274 g/mol. The Labute approximate surface area is 121 Å². The molecule has 0 heterocycles. The van der Waals surface area contributed by atoms with Crippen LogP contribution in [0.15, 0.2) is 11.6 Å². The van der Waals surface area contributed by atoms with Gasteiger partial charge in [0, 0.05) is 11.8 Å². The molecule has 0 spiro atoms. The molecule has 0 aromatic heterocycles. The van der Waals surface area contributed by atoms with Crippen molar-refractivity contribution in [2.75, 3.05) is 0 Å². The zero-order chi connectivity index (χ0) is 13.9. The van der Waals surface area contributed by atoms with Crippen LogP contribution in [0, 0.1) is 29.1 Å². The van der Waals surface area contributed by atoms with Gasteiger partial charge in [0.2, 0.25) is 0 Å². The third-order valence-corrected chi connectivity index (χ3v) is 7.14. The van der Waals surface area contributed by atoms with E-state index in [1.807, 2.05) is 0 Å². The number of allylic oxidation sites excluding steroid dienone is 1. The lowest BCUT2D eigenvalue weighted by molar-refractivity contribution is -0.131. The standard InChI is InChI=1S/C18H26O2/c1-18-9-8-14-13-5-3-12(19)10-11(13)2-4-15(14)16(18)6-7-17(18)20/h10,12-16,19H,2-9H2,1H3/t12-,13?,14?,15?,16?,18+/m1/s1. The lowest BCUT2D eigenvalue weighted by Gasteiger charge is -2.52. The maximum Gasteiger partial charge on any atom is 0.139 e. The van der Waals surface area contributed by atoms with Crippen LogP contribution in [0.25, 0.3) is 0 Å². The van der Waals surface area contributed by atoms with E-state index in [1.54, 1.807) is 0 Å². The molecule has 1 N–H and O–H groups in total. The van der Waals surface area contributed by atoms with Crippen molar-refractivity contribution in [2.45, 2.75) is 64.4 Å². The van der Waals surface area contributed by atoms with Gasteiger partial charge in [0.05, 0.1) is 6.10 Å². The van der Waals surface area contributed by atoms with Crippen LogP contribution in [0.4, 0.5) is 0 Å². The van der Waals surface area contributed by atoms with E-state index in [0.717, 1.165) is 43.4 Å². The first-order valence-corrected chi connectivity index (χ1v) is 8.51. The fraction of sp³-hybridized carbons (Fsp3) is 0.833. The van der Waals surface area contributed by atoms with Crippen molar-refractivity contribution in [3.05, 3.63) is 11.6 Å². The molecule has 4 aliphatic carbocycles. The molecule has 0 aromatic rings. The van der Waals surface area contributed by atoms with Gasteiger partial charge in [0.1, 0.15) is 5.78 Å². The normalized spacial score (nSPS) is 51.0. The summed E-state index contributed by atoms with van der Waals surface area (Å²) in [7, 11) is 0. The molecule has 0 amide bonds. The molecule has 0 bridgehead atoms. The summed E-state index contributed by atoms with van der Waals surface area (Å²) < 4.78 is 0. The van der Waals surface area contributed by atoms with Gasteiger partial charge in [-0.05, 0) is 68.6 Å². The van der Waals surface area contributed by atoms with Gasteiger partial charge >= 0.3 is 0 Å². The van der Waals surface area contributed by atoms with E-state index in [1.165, 1.54) is 31.3 Å². The van der Waals surface area contributed by atoms with Crippen LogP contribution in [0.5, 0.6) is 0 Å². The summed E-state index contributed by atoms with van der Waals surface area (Å²) in [5, 5.41) is 9.85. The molecule has 0 aliphatic heterocycles. The van der Waals surface area contributed by atoms with Crippen molar-refractivity contribution >= 4 is 5.78 Å². The molecule has 2 nitrogen and oxygen atoms in total. The van der Waals surface area contributed by atoms with E-state index in [4.69, 9.17) is 0 Å². The second kappa shape index (κ2) is 4.43. The topological polar surface area (TPSA) is 37.3 Å². The van der Waals surface area contributed by atoms with Gasteiger partial charge in [-0.3, -0.25) is 4.79 Å². The Morgan fingerprint density at radius 2 is 1.95 bits per heavy atom.